The molecular weight excluding hydrogens is 457 g/mol. The highest BCUT2D eigenvalue weighted by molar-refractivity contribution is 5.90. The van der Waals surface area contributed by atoms with Crippen molar-refractivity contribution in [3.05, 3.63) is 167 Å². The average molecular weight is 482 g/mol. The van der Waals surface area contributed by atoms with Crippen LogP contribution in [0.2, 0.25) is 0 Å². The van der Waals surface area contributed by atoms with Gasteiger partial charge in [0.15, 0.2) is 0 Å². The molecule has 0 radical (unpaired) electrons. The van der Waals surface area contributed by atoms with Crippen LogP contribution < -0.4 is 0 Å². The molecule has 0 amide bonds. The minimum absolute atomic E-state index is 0.253. The number of hydrogen-bond donors (Lipinski definition) is 0. The first-order valence-corrected chi connectivity index (χ1v) is 12.2. The summed E-state index contributed by atoms with van der Waals surface area (Å²) in [6.07, 6.45) is 7.61. The summed E-state index contributed by atoms with van der Waals surface area (Å²) in [5.41, 5.74) is 5.16. The van der Waals surface area contributed by atoms with Crippen LogP contribution in [0.25, 0.3) is 23.1 Å². The van der Waals surface area contributed by atoms with Crippen LogP contribution in [0.4, 0.5) is 4.39 Å². The van der Waals surface area contributed by atoms with Gasteiger partial charge in [0.25, 0.3) is 0 Å². The lowest BCUT2D eigenvalue weighted by atomic mass is 9.77. The molecule has 2 heterocycles. The van der Waals surface area contributed by atoms with Crippen LogP contribution in [0.1, 0.15) is 27.9 Å². The summed E-state index contributed by atoms with van der Waals surface area (Å²) in [5.74, 6) is -0.253. The molecule has 0 aliphatic rings. The number of hydrogen-bond acceptors (Lipinski definition) is 2. The quantitative estimate of drug-likeness (QED) is 0.230. The Balaban J connectivity index is 1.67. The highest BCUT2D eigenvalue weighted by atomic mass is 19.1. The second-order valence-electron chi connectivity index (χ2n) is 8.88. The van der Waals surface area contributed by atoms with E-state index in [0.29, 0.717) is 0 Å². The lowest BCUT2D eigenvalue weighted by molar-refractivity contribution is 0.475. The minimum atomic E-state index is -0.743. The van der Waals surface area contributed by atoms with E-state index in [-0.39, 0.29) is 5.82 Å². The zero-order valence-corrected chi connectivity index (χ0v) is 20.1. The Morgan fingerprint density at radius 1 is 0.622 bits per heavy atom. The lowest BCUT2D eigenvalue weighted by Crippen LogP contribution is -2.38. The first-order valence-electron chi connectivity index (χ1n) is 12.2. The number of benzene rings is 4. The van der Waals surface area contributed by atoms with Gasteiger partial charge >= 0.3 is 0 Å². The summed E-state index contributed by atoms with van der Waals surface area (Å²) < 4.78 is 15.5. The number of halogens is 1. The summed E-state index contributed by atoms with van der Waals surface area (Å²) in [6.45, 7) is 0. The molecule has 3 nitrogen and oxygen atoms in total. The van der Waals surface area contributed by atoms with Crippen molar-refractivity contribution in [1.29, 1.82) is 0 Å². The number of nitrogens with zero attached hydrogens (tertiary/aromatic N) is 3. The fourth-order valence-corrected chi connectivity index (χ4v) is 5.02. The van der Waals surface area contributed by atoms with Crippen molar-refractivity contribution in [2.75, 3.05) is 0 Å². The van der Waals surface area contributed by atoms with Gasteiger partial charge in [-0.25, -0.2) is 9.07 Å². The molecule has 2 aromatic heterocycles. The van der Waals surface area contributed by atoms with Gasteiger partial charge in [-0.05, 0) is 46.5 Å². The van der Waals surface area contributed by atoms with Gasteiger partial charge in [0.1, 0.15) is 11.4 Å². The number of rotatable bonds is 6. The maximum Gasteiger partial charge on any atom is 0.138 e. The Hall–Kier alpha value is -4.83. The monoisotopic (exact) mass is 481 g/mol. The molecule has 6 rings (SSSR count). The van der Waals surface area contributed by atoms with Gasteiger partial charge < -0.3 is 0 Å². The van der Waals surface area contributed by atoms with Crippen LogP contribution in [0.3, 0.4) is 0 Å². The fraction of sp³-hybridized carbons (Fsp3) is 0.0303. The second-order valence-corrected chi connectivity index (χ2v) is 8.88. The first-order chi connectivity index (χ1) is 18.3. The van der Waals surface area contributed by atoms with Gasteiger partial charge in [-0.1, -0.05) is 109 Å². The van der Waals surface area contributed by atoms with Gasteiger partial charge in [0, 0.05) is 11.6 Å². The largest absolute Gasteiger partial charge is 0.262 e. The SMILES string of the molecule is Fc1ccc(/C=C/c2nn(C(c3ccccc3)(c3ccccc3)c3ccccc3)c3cnccc23)cc1. The van der Waals surface area contributed by atoms with E-state index >= 15 is 0 Å². The summed E-state index contributed by atoms with van der Waals surface area (Å²) in [5, 5.41) is 6.23. The highest BCUT2D eigenvalue weighted by Crippen LogP contribution is 2.42. The Bertz CT molecular complexity index is 1560. The predicted octanol–water partition coefficient (Wildman–Crippen LogP) is 7.58. The van der Waals surface area contributed by atoms with Gasteiger partial charge in [0.05, 0.1) is 17.4 Å². The van der Waals surface area contributed by atoms with E-state index in [0.717, 1.165) is 38.9 Å². The Morgan fingerprint density at radius 2 is 1.16 bits per heavy atom. The van der Waals surface area contributed by atoms with E-state index in [9.17, 15) is 4.39 Å². The molecule has 37 heavy (non-hydrogen) atoms. The van der Waals surface area contributed by atoms with E-state index < -0.39 is 5.54 Å². The van der Waals surface area contributed by atoms with Gasteiger partial charge in [0.2, 0.25) is 0 Å². The molecule has 6 aromatic rings. The molecule has 0 N–H and O–H groups in total. The van der Waals surface area contributed by atoms with Gasteiger partial charge in [-0.15, -0.1) is 0 Å². The molecule has 0 spiro atoms. The van der Waals surface area contributed by atoms with Crippen molar-refractivity contribution in [2.24, 2.45) is 0 Å². The van der Waals surface area contributed by atoms with E-state index in [1.165, 1.54) is 12.1 Å². The van der Waals surface area contributed by atoms with Crippen LogP contribution in [0.5, 0.6) is 0 Å². The zero-order valence-electron chi connectivity index (χ0n) is 20.1. The number of pyridine rings is 1. The number of fused-ring (bicyclic) bond motifs is 1. The van der Waals surface area contributed by atoms with Crippen molar-refractivity contribution in [3.63, 3.8) is 0 Å². The molecule has 0 saturated carbocycles. The van der Waals surface area contributed by atoms with Crippen LogP contribution in [0, 0.1) is 5.82 Å². The summed E-state index contributed by atoms with van der Waals surface area (Å²) >= 11 is 0. The van der Waals surface area contributed by atoms with Crippen molar-refractivity contribution in [3.8, 4) is 0 Å². The molecule has 0 atom stereocenters. The topological polar surface area (TPSA) is 30.7 Å². The fourth-order valence-electron chi connectivity index (χ4n) is 5.02. The van der Waals surface area contributed by atoms with Crippen LogP contribution in [-0.2, 0) is 5.54 Å². The molecule has 0 fully saturated rings. The maximum atomic E-state index is 13.4. The Kier molecular flexibility index (Phi) is 5.91. The molecule has 0 bridgehead atoms. The Labute approximate surface area is 215 Å². The smallest absolute Gasteiger partial charge is 0.138 e. The molecule has 0 aliphatic carbocycles. The van der Waals surface area contributed by atoms with Crippen molar-refractivity contribution in [2.45, 2.75) is 5.54 Å². The van der Waals surface area contributed by atoms with Crippen molar-refractivity contribution in [1.82, 2.24) is 14.8 Å². The molecular formula is C33H24FN3. The molecule has 4 aromatic carbocycles. The van der Waals surface area contributed by atoms with Crippen LogP contribution >= 0.6 is 0 Å². The van der Waals surface area contributed by atoms with Gasteiger partial charge in [-0.3, -0.25) is 4.98 Å². The third-order valence-corrected chi connectivity index (χ3v) is 6.71. The zero-order chi connectivity index (χ0) is 25.1. The summed E-state index contributed by atoms with van der Waals surface area (Å²) in [4.78, 5) is 4.48. The molecule has 0 saturated heterocycles. The molecule has 0 aliphatic heterocycles. The molecule has 4 heteroatoms. The van der Waals surface area contributed by atoms with Crippen LogP contribution in [0.15, 0.2) is 134 Å². The number of aromatic nitrogens is 3. The minimum Gasteiger partial charge on any atom is -0.262 e. The second kappa shape index (κ2) is 9.67. The van der Waals surface area contributed by atoms with E-state index in [1.54, 1.807) is 18.3 Å². The van der Waals surface area contributed by atoms with E-state index in [2.05, 4.69) is 82.5 Å². The average Bonchev–Trinajstić information content (AvgIpc) is 3.34. The first kappa shape index (κ1) is 22.6. The van der Waals surface area contributed by atoms with Crippen molar-refractivity contribution < 1.29 is 4.39 Å². The maximum absolute atomic E-state index is 13.4. The third kappa shape index (κ3) is 4.03. The standard InChI is InChI=1S/C33H24FN3/c34-29-19-16-25(17-20-29)18-21-31-30-22-23-35-24-32(30)37(36-31)33(26-10-4-1-5-11-26,27-12-6-2-7-13-27)28-14-8-3-9-15-28/h1-24H/b21-18+. The third-order valence-electron chi connectivity index (χ3n) is 6.71. The molecule has 178 valence electrons. The molecule has 0 unspecified atom stereocenters. The lowest BCUT2D eigenvalue weighted by Gasteiger charge is -2.36. The summed E-state index contributed by atoms with van der Waals surface area (Å²) in [7, 11) is 0. The normalized spacial score (nSPS) is 11.8. The summed E-state index contributed by atoms with van der Waals surface area (Å²) in [6, 6.07) is 39.8. The van der Waals surface area contributed by atoms with E-state index in [1.807, 2.05) is 42.6 Å². The predicted molar refractivity (Wildman–Crippen MR) is 147 cm³/mol. The Morgan fingerprint density at radius 3 is 1.70 bits per heavy atom. The van der Waals surface area contributed by atoms with Crippen molar-refractivity contribution >= 4 is 23.1 Å². The van der Waals surface area contributed by atoms with E-state index in [4.69, 9.17) is 5.10 Å². The van der Waals surface area contributed by atoms with Gasteiger partial charge in [-0.2, -0.15) is 5.10 Å². The van der Waals surface area contributed by atoms with Crippen LogP contribution in [-0.4, -0.2) is 14.8 Å². The highest BCUT2D eigenvalue weighted by Gasteiger charge is 2.40.